The Kier molecular flexibility index (Phi) is 9.01. The van der Waals surface area contributed by atoms with Crippen molar-refractivity contribution in [2.24, 2.45) is 11.7 Å². The molecule has 198 valence electrons. The molecule has 0 radical (unpaired) electrons. The zero-order valence-corrected chi connectivity index (χ0v) is 20.9. The van der Waals surface area contributed by atoms with E-state index in [0.29, 0.717) is 5.69 Å². The van der Waals surface area contributed by atoms with Crippen LogP contribution < -0.4 is 21.7 Å². The number of hydrogen-bond donors (Lipinski definition) is 7. The summed E-state index contributed by atoms with van der Waals surface area (Å²) in [6.45, 7) is 4.76. The second kappa shape index (κ2) is 12.2. The van der Waals surface area contributed by atoms with Crippen LogP contribution in [-0.4, -0.2) is 67.9 Å². The van der Waals surface area contributed by atoms with Gasteiger partial charge in [0, 0.05) is 35.4 Å². The third kappa shape index (κ3) is 7.17. The highest BCUT2D eigenvalue weighted by atomic mass is 16.4. The minimum absolute atomic E-state index is 0.0787. The lowest BCUT2D eigenvalue weighted by Crippen LogP contribution is -2.58. The second-order valence-electron chi connectivity index (χ2n) is 9.31. The summed E-state index contributed by atoms with van der Waals surface area (Å²) in [5.41, 5.74) is 8.60. The van der Waals surface area contributed by atoms with Crippen LogP contribution in [0.1, 0.15) is 32.0 Å². The van der Waals surface area contributed by atoms with Crippen LogP contribution in [0, 0.1) is 5.92 Å². The summed E-state index contributed by atoms with van der Waals surface area (Å²) >= 11 is 0. The topological polar surface area (TPSA) is 195 Å². The average molecular weight is 512 g/mol. The second-order valence-corrected chi connectivity index (χ2v) is 9.31. The molecule has 0 saturated carbocycles. The lowest BCUT2D eigenvalue weighted by molar-refractivity contribution is -0.142. The summed E-state index contributed by atoms with van der Waals surface area (Å²) < 4.78 is 0. The van der Waals surface area contributed by atoms with Crippen LogP contribution in [0.4, 0.5) is 0 Å². The smallest absolute Gasteiger partial charge is 0.325 e. The highest BCUT2D eigenvalue weighted by Gasteiger charge is 2.31. The van der Waals surface area contributed by atoms with Gasteiger partial charge >= 0.3 is 5.97 Å². The van der Waals surface area contributed by atoms with Crippen molar-refractivity contribution < 1.29 is 24.3 Å². The van der Waals surface area contributed by atoms with E-state index < -0.39 is 47.9 Å². The zero-order valence-electron chi connectivity index (χ0n) is 20.9. The van der Waals surface area contributed by atoms with E-state index in [9.17, 15) is 19.2 Å². The molecule has 3 aromatic rings. The number of aliphatic carboxylic acids is 1. The number of hydrogen-bond acceptors (Lipinski definition) is 6. The van der Waals surface area contributed by atoms with E-state index in [1.807, 2.05) is 24.3 Å². The number of amides is 3. The van der Waals surface area contributed by atoms with Crippen molar-refractivity contribution in [3.05, 3.63) is 54.2 Å². The molecule has 0 aliphatic carbocycles. The first-order valence-electron chi connectivity index (χ1n) is 12.0. The molecule has 2 heterocycles. The Labute approximate surface area is 213 Å². The Morgan fingerprint density at radius 1 is 0.973 bits per heavy atom. The number of carbonyl (C=O) groups excluding carboxylic acids is 3. The van der Waals surface area contributed by atoms with Gasteiger partial charge in [0.1, 0.15) is 18.1 Å². The average Bonchev–Trinajstić information content (AvgIpc) is 3.51. The number of rotatable bonds is 12. The highest BCUT2D eigenvalue weighted by Crippen LogP contribution is 2.19. The monoisotopic (exact) mass is 511 g/mol. The Balaban J connectivity index is 1.72. The van der Waals surface area contributed by atoms with Gasteiger partial charge in [0.05, 0.1) is 12.4 Å². The molecule has 0 aliphatic rings. The SMILES string of the molecule is CC(NC(=O)C(NC(=O)C(Cc1cnc[nH]1)NC(=O)C(N)Cc1c[nH]c2ccccc12)C(C)C)C(=O)O. The number of carboxylic acids is 1. The predicted molar refractivity (Wildman–Crippen MR) is 136 cm³/mol. The van der Waals surface area contributed by atoms with Crippen LogP contribution in [0.2, 0.25) is 0 Å². The van der Waals surface area contributed by atoms with Gasteiger partial charge in [-0.1, -0.05) is 32.0 Å². The molecular formula is C25H33N7O5. The van der Waals surface area contributed by atoms with Crippen LogP contribution in [0.5, 0.6) is 0 Å². The van der Waals surface area contributed by atoms with Gasteiger partial charge in [0.15, 0.2) is 0 Å². The number of nitrogens with one attached hydrogen (secondary N) is 5. The number of carboxylic acid groups (broad SMARTS) is 1. The van der Waals surface area contributed by atoms with Crippen molar-refractivity contribution in [1.82, 2.24) is 30.9 Å². The maximum atomic E-state index is 13.3. The summed E-state index contributed by atoms with van der Waals surface area (Å²) in [7, 11) is 0. The fourth-order valence-corrected chi connectivity index (χ4v) is 3.89. The Morgan fingerprint density at radius 3 is 2.35 bits per heavy atom. The third-order valence-corrected chi connectivity index (χ3v) is 6.04. The molecule has 4 unspecified atom stereocenters. The predicted octanol–water partition coefficient (Wildman–Crippen LogP) is 0.218. The van der Waals surface area contributed by atoms with E-state index in [4.69, 9.17) is 10.8 Å². The van der Waals surface area contributed by atoms with Gasteiger partial charge in [-0.3, -0.25) is 19.2 Å². The molecular weight excluding hydrogens is 478 g/mol. The van der Waals surface area contributed by atoms with Crippen molar-refractivity contribution in [3.63, 3.8) is 0 Å². The maximum absolute atomic E-state index is 13.3. The number of carbonyl (C=O) groups is 4. The van der Waals surface area contributed by atoms with Crippen LogP contribution in [-0.2, 0) is 32.0 Å². The first-order chi connectivity index (χ1) is 17.6. The molecule has 4 atom stereocenters. The van der Waals surface area contributed by atoms with Gasteiger partial charge in [-0.15, -0.1) is 0 Å². The number of fused-ring (bicyclic) bond motifs is 1. The van der Waals surface area contributed by atoms with Crippen molar-refractivity contribution >= 4 is 34.6 Å². The van der Waals surface area contributed by atoms with Gasteiger partial charge in [0.25, 0.3) is 0 Å². The Hall–Kier alpha value is -4.19. The van der Waals surface area contributed by atoms with Gasteiger partial charge in [-0.25, -0.2) is 4.98 Å². The number of aromatic nitrogens is 3. The molecule has 0 spiro atoms. The van der Waals surface area contributed by atoms with Gasteiger partial charge in [-0.05, 0) is 30.9 Å². The van der Waals surface area contributed by atoms with Crippen molar-refractivity contribution in [1.29, 1.82) is 0 Å². The molecule has 0 fully saturated rings. The molecule has 12 nitrogen and oxygen atoms in total. The summed E-state index contributed by atoms with van der Waals surface area (Å²) in [6.07, 6.45) is 5.11. The number of benzene rings is 1. The Morgan fingerprint density at radius 2 is 1.70 bits per heavy atom. The van der Waals surface area contributed by atoms with E-state index >= 15 is 0 Å². The molecule has 37 heavy (non-hydrogen) atoms. The molecule has 2 aromatic heterocycles. The lowest BCUT2D eigenvalue weighted by Gasteiger charge is -2.26. The van der Waals surface area contributed by atoms with Crippen LogP contribution >= 0.6 is 0 Å². The quantitative estimate of drug-likeness (QED) is 0.180. The van der Waals surface area contributed by atoms with Gasteiger partial charge in [0.2, 0.25) is 17.7 Å². The van der Waals surface area contributed by atoms with Gasteiger partial charge in [-0.2, -0.15) is 0 Å². The molecule has 0 saturated heterocycles. The van der Waals surface area contributed by atoms with Crippen molar-refractivity contribution in [2.45, 2.75) is 57.8 Å². The van der Waals surface area contributed by atoms with E-state index in [1.165, 1.54) is 19.4 Å². The molecule has 1 aromatic carbocycles. The molecule has 0 bridgehead atoms. The summed E-state index contributed by atoms with van der Waals surface area (Å²) in [4.78, 5) is 60.1. The first-order valence-corrected chi connectivity index (χ1v) is 12.0. The number of nitrogens with zero attached hydrogens (tertiary/aromatic N) is 1. The fraction of sp³-hybridized carbons (Fsp3) is 0.400. The van der Waals surface area contributed by atoms with Crippen molar-refractivity contribution in [2.75, 3.05) is 0 Å². The largest absolute Gasteiger partial charge is 0.480 e. The van der Waals surface area contributed by atoms with Crippen LogP contribution in [0.15, 0.2) is 43.0 Å². The zero-order chi connectivity index (χ0) is 27.1. The van der Waals surface area contributed by atoms with E-state index in [-0.39, 0.29) is 18.8 Å². The van der Waals surface area contributed by atoms with Crippen LogP contribution in [0.3, 0.4) is 0 Å². The van der Waals surface area contributed by atoms with Crippen LogP contribution in [0.25, 0.3) is 10.9 Å². The summed E-state index contributed by atoms with van der Waals surface area (Å²) in [5.74, 6) is -3.33. The molecule has 12 heteroatoms. The van der Waals surface area contributed by atoms with E-state index in [1.54, 1.807) is 20.0 Å². The number of imidazole rings is 1. The van der Waals surface area contributed by atoms with E-state index in [0.717, 1.165) is 16.5 Å². The van der Waals surface area contributed by atoms with Gasteiger partial charge < -0.3 is 36.8 Å². The van der Waals surface area contributed by atoms with Crippen molar-refractivity contribution in [3.8, 4) is 0 Å². The molecule has 3 rings (SSSR count). The number of aromatic amines is 2. The Bertz CT molecular complexity index is 1240. The summed E-state index contributed by atoms with van der Waals surface area (Å²) in [6, 6.07) is 3.51. The molecule has 3 amide bonds. The normalized spacial score (nSPS) is 14.5. The molecule has 0 aliphatic heterocycles. The summed E-state index contributed by atoms with van der Waals surface area (Å²) in [5, 5.41) is 17.8. The maximum Gasteiger partial charge on any atom is 0.325 e. The molecule has 8 N–H and O–H groups in total. The minimum Gasteiger partial charge on any atom is -0.480 e. The first kappa shape index (κ1) is 27.4. The number of H-pyrrole nitrogens is 2. The number of para-hydroxylation sites is 1. The van der Waals surface area contributed by atoms with E-state index in [2.05, 4.69) is 30.9 Å². The fourth-order valence-electron chi connectivity index (χ4n) is 3.89. The number of nitrogens with two attached hydrogens (primary N) is 1. The lowest BCUT2D eigenvalue weighted by atomic mass is 10.0. The highest BCUT2D eigenvalue weighted by molar-refractivity contribution is 5.94. The minimum atomic E-state index is -1.20. The standard InChI is InChI=1S/C25H33N7O5/c1-13(2)21(24(35)30-14(3)25(36)37)32-23(34)20(9-16-11-27-12-29-16)31-22(33)18(26)8-15-10-28-19-7-5-4-6-17(15)19/h4-7,10-14,18,20-21,28H,8-9,26H2,1-3H3,(H,27,29)(H,30,35)(H,31,33)(H,32,34)(H,36,37). The third-order valence-electron chi connectivity index (χ3n) is 6.04.